The van der Waals surface area contributed by atoms with Gasteiger partial charge in [-0.1, -0.05) is 6.92 Å². The van der Waals surface area contributed by atoms with Crippen molar-refractivity contribution in [2.45, 2.75) is 39.7 Å². The molecule has 0 aromatic carbocycles. The van der Waals surface area contributed by atoms with Crippen molar-refractivity contribution in [2.75, 3.05) is 44.4 Å². The van der Waals surface area contributed by atoms with E-state index in [4.69, 9.17) is 4.74 Å². The van der Waals surface area contributed by atoms with E-state index in [1.54, 1.807) is 0 Å². The Morgan fingerprint density at radius 1 is 1.05 bits per heavy atom. The van der Waals surface area contributed by atoms with Crippen molar-refractivity contribution in [2.24, 2.45) is 0 Å². The van der Waals surface area contributed by atoms with Gasteiger partial charge in [-0.05, 0) is 41.3 Å². The van der Waals surface area contributed by atoms with Crippen molar-refractivity contribution in [3.05, 3.63) is 0 Å². The fourth-order valence-electron chi connectivity index (χ4n) is 1.40. The van der Waals surface area contributed by atoms with Gasteiger partial charge in [0, 0.05) is 18.6 Å². The third-order valence-corrected chi connectivity index (χ3v) is 3.31. The minimum Gasteiger partial charge on any atom is -0.464 e. The van der Waals surface area contributed by atoms with Crippen molar-refractivity contribution in [1.29, 1.82) is 0 Å². The Balaban J connectivity index is 2.82. The summed E-state index contributed by atoms with van der Waals surface area (Å²) in [4.78, 5) is 15.0. The lowest BCUT2D eigenvalue weighted by molar-refractivity contribution is 0.209. The van der Waals surface area contributed by atoms with Crippen LogP contribution in [0, 0.1) is 0 Å². The molecule has 0 fully saturated rings. The number of aromatic nitrogens is 3. The maximum absolute atomic E-state index is 5.39. The zero-order valence-electron chi connectivity index (χ0n) is 14.0. The summed E-state index contributed by atoms with van der Waals surface area (Å²) < 4.78 is 5.39. The highest BCUT2D eigenvalue weighted by molar-refractivity contribution is 5.36. The second-order valence-electron chi connectivity index (χ2n) is 5.69. The number of nitrogens with zero attached hydrogens (tertiary/aromatic N) is 4. The standard InChI is InChI=1S/C14H28N6O/c1-7-9-15-11-17-12(19-13(18-11)21-8-2)16-10-14(3,4)20(5)6/h7-10H2,1-6H3,(H2,15,16,17,18,19). The second kappa shape index (κ2) is 7.97. The van der Waals surface area contributed by atoms with Crippen LogP contribution < -0.4 is 15.4 Å². The largest absolute Gasteiger partial charge is 0.464 e. The van der Waals surface area contributed by atoms with Crippen molar-refractivity contribution in [3.63, 3.8) is 0 Å². The van der Waals surface area contributed by atoms with Gasteiger partial charge in [0.1, 0.15) is 0 Å². The summed E-state index contributed by atoms with van der Waals surface area (Å²) >= 11 is 0. The minimum atomic E-state index is -0.00455. The van der Waals surface area contributed by atoms with Gasteiger partial charge in [0.05, 0.1) is 6.61 Å². The second-order valence-corrected chi connectivity index (χ2v) is 5.69. The zero-order chi connectivity index (χ0) is 15.9. The number of ether oxygens (including phenoxy) is 1. The van der Waals surface area contributed by atoms with Gasteiger partial charge < -0.3 is 20.3 Å². The Bertz CT molecular complexity index is 435. The zero-order valence-corrected chi connectivity index (χ0v) is 14.0. The van der Waals surface area contributed by atoms with Crippen LogP contribution in [0.4, 0.5) is 11.9 Å². The molecule has 1 aromatic heterocycles. The normalized spacial score (nSPS) is 11.6. The molecule has 1 aromatic rings. The van der Waals surface area contributed by atoms with Gasteiger partial charge in [-0.2, -0.15) is 15.0 Å². The minimum absolute atomic E-state index is 0.00455. The number of hydrogen-bond acceptors (Lipinski definition) is 7. The molecule has 120 valence electrons. The molecule has 0 radical (unpaired) electrons. The molecule has 1 heterocycles. The third-order valence-electron chi connectivity index (χ3n) is 3.31. The van der Waals surface area contributed by atoms with E-state index in [9.17, 15) is 0 Å². The first-order chi connectivity index (χ1) is 9.89. The van der Waals surface area contributed by atoms with Gasteiger partial charge in [0.15, 0.2) is 0 Å². The van der Waals surface area contributed by atoms with Gasteiger partial charge in [0.25, 0.3) is 0 Å². The van der Waals surface area contributed by atoms with Crippen molar-refractivity contribution >= 4 is 11.9 Å². The molecule has 7 heteroatoms. The summed E-state index contributed by atoms with van der Waals surface area (Å²) in [6, 6.07) is 0.344. The highest BCUT2D eigenvalue weighted by Crippen LogP contribution is 2.14. The van der Waals surface area contributed by atoms with Crippen LogP contribution in [-0.2, 0) is 0 Å². The van der Waals surface area contributed by atoms with Crippen LogP contribution in [0.15, 0.2) is 0 Å². The van der Waals surface area contributed by atoms with E-state index in [2.05, 4.69) is 65.4 Å². The van der Waals surface area contributed by atoms with Gasteiger partial charge >= 0.3 is 6.01 Å². The summed E-state index contributed by atoms with van der Waals surface area (Å²) in [6.45, 7) is 10.4. The van der Waals surface area contributed by atoms with Gasteiger partial charge in [0.2, 0.25) is 11.9 Å². The molecule has 0 aliphatic rings. The topological polar surface area (TPSA) is 75.2 Å². The Morgan fingerprint density at radius 3 is 2.19 bits per heavy atom. The lowest BCUT2D eigenvalue weighted by Gasteiger charge is -2.32. The predicted molar refractivity (Wildman–Crippen MR) is 86.0 cm³/mol. The molecule has 0 saturated carbocycles. The number of anilines is 2. The summed E-state index contributed by atoms with van der Waals surface area (Å²) in [6.07, 6.45) is 1.01. The summed E-state index contributed by atoms with van der Waals surface area (Å²) in [7, 11) is 4.10. The average molecular weight is 296 g/mol. The van der Waals surface area contributed by atoms with Gasteiger partial charge in [-0.25, -0.2) is 0 Å². The smallest absolute Gasteiger partial charge is 0.323 e. The Kier molecular flexibility index (Phi) is 6.61. The van der Waals surface area contributed by atoms with Crippen molar-refractivity contribution in [3.8, 4) is 6.01 Å². The van der Waals surface area contributed by atoms with E-state index in [0.29, 0.717) is 24.5 Å². The molecule has 0 unspecified atom stereocenters. The van der Waals surface area contributed by atoms with E-state index < -0.39 is 0 Å². The summed E-state index contributed by atoms with van der Waals surface area (Å²) in [5.41, 5.74) is -0.00455. The lowest BCUT2D eigenvalue weighted by atomic mass is 10.1. The number of nitrogens with one attached hydrogen (secondary N) is 2. The quantitative estimate of drug-likeness (QED) is 0.720. The van der Waals surface area contributed by atoms with Crippen LogP contribution in [0.5, 0.6) is 6.01 Å². The van der Waals surface area contributed by atoms with Crippen LogP contribution in [-0.4, -0.2) is 59.2 Å². The summed E-state index contributed by atoms with van der Waals surface area (Å²) in [5, 5.41) is 6.42. The fraction of sp³-hybridized carbons (Fsp3) is 0.786. The molecular weight excluding hydrogens is 268 g/mol. The highest BCUT2D eigenvalue weighted by Gasteiger charge is 2.20. The van der Waals surface area contributed by atoms with Crippen molar-refractivity contribution < 1.29 is 4.74 Å². The first kappa shape index (κ1) is 17.4. The molecule has 7 nitrogen and oxygen atoms in total. The Morgan fingerprint density at radius 2 is 1.67 bits per heavy atom. The molecule has 0 aliphatic heterocycles. The Labute approximate surface area is 127 Å². The molecular formula is C14H28N6O. The van der Waals surface area contributed by atoms with Gasteiger partial charge in [-0.3, -0.25) is 0 Å². The third kappa shape index (κ3) is 5.71. The predicted octanol–water partition coefficient (Wildman–Crippen LogP) is 1.84. The van der Waals surface area contributed by atoms with Crippen LogP contribution in [0.3, 0.4) is 0 Å². The van der Waals surface area contributed by atoms with Crippen LogP contribution in [0.25, 0.3) is 0 Å². The van der Waals surface area contributed by atoms with Crippen LogP contribution in [0.1, 0.15) is 34.1 Å². The number of likely N-dealkylation sites (N-methyl/N-ethyl adjacent to an activating group) is 1. The maximum atomic E-state index is 5.39. The lowest BCUT2D eigenvalue weighted by Crippen LogP contribution is -2.44. The monoisotopic (exact) mass is 296 g/mol. The molecule has 1 rings (SSSR count). The molecule has 21 heavy (non-hydrogen) atoms. The van der Waals surface area contributed by atoms with E-state index in [1.807, 2.05) is 6.92 Å². The van der Waals surface area contributed by atoms with Gasteiger partial charge in [-0.15, -0.1) is 0 Å². The van der Waals surface area contributed by atoms with Crippen LogP contribution in [0.2, 0.25) is 0 Å². The first-order valence-electron chi connectivity index (χ1n) is 7.43. The highest BCUT2D eigenvalue weighted by atomic mass is 16.5. The molecule has 0 bridgehead atoms. The van der Waals surface area contributed by atoms with E-state index >= 15 is 0 Å². The molecule has 0 spiro atoms. The number of rotatable bonds is 9. The van der Waals surface area contributed by atoms with Crippen LogP contribution >= 0.6 is 0 Å². The molecule has 0 amide bonds. The Hall–Kier alpha value is -1.63. The fourth-order valence-corrected chi connectivity index (χ4v) is 1.40. The van der Waals surface area contributed by atoms with Crippen molar-refractivity contribution in [1.82, 2.24) is 19.9 Å². The van der Waals surface area contributed by atoms with E-state index in [0.717, 1.165) is 19.5 Å². The molecule has 0 atom stereocenters. The molecule has 0 aliphatic carbocycles. The SMILES string of the molecule is CCCNc1nc(NCC(C)(C)N(C)C)nc(OCC)n1. The maximum Gasteiger partial charge on any atom is 0.323 e. The average Bonchev–Trinajstić information content (AvgIpc) is 2.43. The summed E-state index contributed by atoms with van der Waals surface area (Å²) in [5.74, 6) is 1.07. The molecule has 0 saturated heterocycles. The van der Waals surface area contributed by atoms with E-state index in [1.165, 1.54) is 0 Å². The van der Waals surface area contributed by atoms with E-state index in [-0.39, 0.29) is 5.54 Å². The number of hydrogen-bond donors (Lipinski definition) is 2. The molecule has 2 N–H and O–H groups in total. The first-order valence-corrected chi connectivity index (χ1v) is 7.43.